The third kappa shape index (κ3) is 7.54. The zero-order valence-corrected chi connectivity index (χ0v) is 16.7. The molecular formula is C24H18F6N2. The van der Waals surface area contributed by atoms with Gasteiger partial charge in [-0.25, -0.2) is 0 Å². The molecule has 0 radical (unpaired) electrons. The topological polar surface area (TPSA) is 24.7 Å². The Morgan fingerprint density at radius 2 is 0.938 bits per heavy atom. The van der Waals surface area contributed by atoms with Crippen LogP contribution in [0, 0.1) is 0 Å². The zero-order valence-electron chi connectivity index (χ0n) is 16.7. The molecule has 0 aliphatic heterocycles. The molecule has 2 aromatic rings. The van der Waals surface area contributed by atoms with E-state index in [0.29, 0.717) is 22.6 Å². The number of rotatable bonds is 7. The van der Waals surface area contributed by atoms with Gasteiger partial charge in [0.25, 0.3) is 0 Å². The smallest absolute Gasteiger partial charge is 0.166 e. The van der Waals surface area contributed by atoms with Gasteiger partial charge >= 0.3 is 12.4 Å². The van der Waals surface area contributed by atoms with Gasteiger partial charge in [-0.15, -0.1) is 0 Å². The Kier molecular flexibility index (Phi) is 8.12. The van der Waals surface area contributed by atoms with Crippen LogP contribution in [-0.4, -0.2) is 11.4 Å². The highest BCUT2D eigenvalue weighted by Gasteiger charge is 2.30. The van der Waals surface area contributed by atoms with Gasteiger partial charge in [-0.3, -0.25) is 0 Å². The van der Waals surface area contributed by atoms with Crippen LogP contribution in [0.5, 0.6) is 0 Å². The van der Waals surface area contributed by atoms with Crippen molar-refractivity contribution < 1.29 is 26.3 Å². The van der Waals surface area contributed by atoms with Gasteiger partial charge in [-0.2, -0.15) is 36.5 Å². The fourth-order valence-electron chi connectivity index (χ4n) is 2.33. The Morgan fingerprint density at radius 3 is 1.25 bits per heavy atom. The van der Waals surface area contributed by atoms with Crippen molar-refractivity contribution in [1.82, 2.24) is 0 Å². The molecule has 0 fully saturated rings. The first-order chi connectivity index (χ1) is 15.0. The maximum absolute atomic E-state index is 12.7. The Morgan fingerprint density at radius 1 is 0.594 bits per heavy atom. The number of nitrogens with zero attached hydrogens (tertiary/aromatic N) is 2. The Hall–Kier alpha value is -3.68. The van der Waals surface area contributed by atoms with E-state index >= 15 is 0 Å². The number of hydrogen-bond acceptors (Lipinski definition) is 2. The molecule has 0 atom stereocenters. The van der Waals surface area contributed by atoms with E-state index < -0.39 is 23.5 Å². The van der Waals surface area contributed by atoms with Crippen molar-refractivity contribution in [2.45, 2.75) is 12.4 Å². The van der Waals surface area contributed by atoms with E-state index in [1.54, 1.807) is 0 Å². The summed E-state index contributed by atoms with van der Waals surface area (Å²) in [4.78, 5) is 0. The molecular weight excluding hydrogens is 430 g/mol. The van der Waals surface area contributed by atoms with Crippen LogP contribution in [0.3, 0.4) is 0 Å². The summed E-state index contributed by atoms with van der Waals surface area (Å²) in [5.41, 5.74) is 0.129. The van der Waals surface area contributed by atoms with Crippen LogP contribution in [-0.2, 0) is 12.4 Å². The minimum absolute atomic E-state index is 0.297. The van der Waals surface area contributed by atoms with Crippen molar-refractivity contribution >= 4 is 23.6 Å². The number of halogens is 6. The molecule has 0 bridgehead atoms. The molecule has 0 saturated heterocycles. The van der Waals surface area contributed by atoms with Crippen molar-refractivity contribution in [3.63, 3.8) is 0 Å². The summed E-state index contributed by atoms with van der Waals surface area (Å²) >= 11 is 0. The van der Waals surface area contributed by atoms with Gasteiger partial charge in [0.1, 0.15) is 0 Å². The van der Waals surface area contributed by atoms with Gasteiger partial charge in [0.15, 0.2) is 0 Å². The molecule has 0 aliphatic carbocycles. The fraction of sp³-hybridized carbons (Fsp3) is 0.0833. The average molecular weight is 448 g/mol. The number of benzene rings is 2. The summed E-state index contributed by atoms with van der Waals surface area (Å²) in [6.07, 6.45) is 0.0766. The molecule has 0 N–H and O–H groups in total. The Labute approximate surface area is 181 Å². The predicted molar refractivity (Wildman–Crippen MR) is 116 cm³/mol. The Balaban J connectivity index is 2.30. The third-order valence-corrected chi connectivity index (χ3v) is 4.07. The van der Waals surface area contributed by atoms with Crippen molar-refractivity contribution in [3.8, 4) is 0 Å². The van der Waals surface area contributed by atoms with Crippen LogP contribution in [0.1, 0.15) is 22.3 Å². The normalized spacial score (nSPS) is 12.1. The van der Waals surface area contributed by atoms with Crippen molar-refractivity contribution in [2.24, 2.45) is 10.2 Å². The molecule has 0 aliphatic rings. The molecule has 0 aromatic heterocycles. The lowest BCUT2D eigenvalue weighted by atomic mass is 10.1. The van der Waals surface area contributed by atoms with Gasteiger partial charge in [-0.1, -0.05) is 49.6 Å². The second kappa shape index (κ2) is 10.6. The molecule has 2 aromatic carbocycles. The Bertz CT molecular complexity index is 972. The zero-order chi connectivity index (χ0) is 23.8. The van der Waals surface area contributed by atoms with Crippen molar-refractivity contribution in [2.75, 3.05) is 0 Å². The van der Waals surface area contributed by atoms with Crippen LogP contribution < -0.4 is 0 Å². The number of alkyl halides is 6. The monoisotopic (exact) mass is 448 g/mol. The molecule has 0 amide bonds. The third-order valence-electron chi connectivity index (χ3n) is 4.07. The number of hydrogen-bond donors (Lipinski definition) is 0. The van der Waals surface area contributed by atoms with Crippen LogP contribution in [0.4, 0.5) is 26.3 Å². The van der Waals surface area contributed by atoms with E-state index in [4.69, 9.17) is 0 Å². The second-order valence-corrected chi connectivity index (χ2v) is 6.36. The first-order valence-corrected chi connectivity index (χ1v) is 9.14. The summed E-state index contributed by atoms with van der Waals surface area (Å²) in [5.74, 6) is 0. The summed E-state index contributed by atoms with van der Waals surface area (Å²) in [5, 5.41) is 7.98. The van der Waals surface area contributed by atoms with E-state index in [-0.39, 0.29) is 0 Å². The van der Waals surface area contributed by atoms with Gasteiger partial charge in [-0.05, 0) is 59.7 Å². The quantitative estimate of drug-likeness (QED) is 0.236. The highest BCUT2D eigenvalue weighted by Crippen LogP contribution is 2.30. The predicted octanol–water partition coefficient (Wildman–Crippen LogP) is 7.62. The maximum Gasteiger partial charge on any atom is 0.416 e. The molecule has 0 unspecified atom stereocenters. The number of allylic oxidation sites excluding steroid dienone is 4. The first kappa shape index (κ1) is 24.6. The van der Waals surface area contributed by atoms with E-state index in [9.17, 15) is 26.3 Å². The van der Waals surface area contributed by atoms with Crippen LogP contribution in [0.2, 0.25) is 0 Å². The molecule has 2 nitrogen and oxygen atoms in total. The molecule has 2 rings (SSSR count). The van der Waals surface area contributed by atoms with Crippen LogP contribution >= 0.6 is 0 Å². The van der Waals surface area contributed by atoms with Crippen LogP contribution in [0.15, 0.2) is 96.2 Å². The summed E-state index contributed by atoms with van der Waals surface area (Å²) in [6, 6.07) is 9.05. The average Bonchev–Trinajstić information content (AvgIpc) is 2.75. The second-order valence-electron chi connectivity index (χ2n) is 6.36. The molecule has 166 valence electrons. The fourth-order valence-corrected chi connectivity index (χ4v) is 2.33. The summed E-state index contributed by atoms with van der Waals surface area (Å²) in [7, 11) is 0. The minimum atomic E-state index is -4.43. The molecule has 0 heterocycles. The highest BCUT2D eigenvalue weighted by atomic mass is 19.4. The SMILES string of the molecule is C=CC(C=C)=NN=C(/C=C/c1ccc(C(F)(F)F)cc1)/C=C/c1ccc(C(F)(F)F)cc1. The highest BCUT2D eigenvalue weighted by molar-refractivity contribution is 6.09. The van der Waals surface area contributed by atoms with Crippen molar-refractivity contribution in [3.05, 3.63) is 108 Å². The van der Waals surface area contributed by atoms with E-state index in [1.807, 2.05) is 0 Å². The summed E-state index contributed by atoms with van der Waals surface area (Å²) in [6.45, 7) is 7.12. The first-order valence-electron chi connectivity index (χ1n) is 9.14. The van der Waals surface area contributed by atoms with E-state index in [2.05, 4.69) is 23.4 Å². The van der Waals surface area contributed by atoms with Gasteiger partial charge in [0.2, 0.25) is 0 Å². The van der Waals surface area contributed by atoms with Gasteiger partial charge < -0.3 is 0 Å². The van der Waals surface area contributed by atoms with E-state index in [1.165, 1.54) is 60.7 Å². The maximum atomic E-state index is 12.7. The van der Waals surface area contributed by atoms with Crippen molar-refractivity contribution in [1.29, 1.82) is 0 Å². The van der Waals surface area contributed by atoms with E-state index in [0.717, 1.165) is 24.3 Å². The molecule has 8 heteroatoms. The lowest BCUT2D eigenvalue weighted by Gasteiger charge is -2.06. The lowest BCUT2D eigenvalue weighted by Crippen LogP contribution is -2.04. The molecule has 0 saturated carbocycles. The van der Waals surface area contributed by atoms with Gasteiger partial charge in [0.05, 0.1) is 22.6 Å². The van der Waals surface area contributed by atoms with Crippen LogP contribution in [0.25, 0.3) is 12.2 Å². The standard InChI is InChI=1S/C24H18F6N2/c1-3-21(4-2)31-32-22(15-9-17-5-11-19(12-6-17)23(25,26)27)16-10-18-7-13-20(14-8-18)24(28,29)30/h3-16H,1-2H2/b15-9+,16-10+. The summed E-state index contributed by atoms with van der Waals surface area (Å²) < 4.78 is 76.1. The minimum Gasteiger partial charge on any atom is -0.166 e. The largest absolute Gasteiger partial charge is 0.416 e. The molecule has 32 heavy (non-hydrogen) atoms. The van der Waals surface area contributed by atoms with Gasteiger partial charge in [0, 0.05) is 0 Å². The lowest BCUT2D eigenvalue weighted by molar-refractivity contribution is -0.138. The molecule has 0 spiro atoms.